The summed E-state index contributed by atoms with van der Waals surface area (Å²) in [4.78, 5) is 25.3. The maximum Gasteiger partial charge on any atom is 0.225 e. The molecule has 122 valence electrons. The van der Waals surface area contributed by atoms with Gasteiger partial charge in [0.15, 0.2) is 0 Å². The first-order valence-electron chi connectivity index (χ1n) is 7.79. The fourth-order valence-corrected chi connectivity index (χ4v) is 2.08. The number of aryl methyl sites for hydroxylation is 1. The van der Waals surface area contributed by atoms with Gasteiger partial charge in [-0.2, -0.15) is 0 Å². The zero-order valence-corrected chi connectivity index (χ0v) is 14.0. The SMILES string of the molecule is CCCCN(C)CCC(=O)Nc1cc(NC(C)=O)ccc1C. The van der Waals surface area contributed by atoms with Gasteiger partial charge in [-0.05, 0) is 44.6 Å². The summed E-state index contributed by atoms with van der Waals surface area (Å²) in [6.45, 7) is 7.31. The molecule has 0 fully saturated rings. The van der Waals surface area contributed by atoms with E-state index in [1.54, 1.807) is 6.07 Å². The van der Waals surface area contributed by atoms with Crippen LogP contribution in [0, 0.1) is 6.92 Å². The Bertz CT molecular complexity index is 515. The van der Waals surface area contributed by atoms with Crippen molar-refractivity contribution in [1.29, 1.82) is 0 Å². The molecule has 0 aliphatic carbocycles. The van der Waals surface area contributed by atoms with E-state index in [-0.39, 0.29) is 11.8 Å². The van der Waals surface area contributed by atoms with Crippen LogP contribution in [-0.4, -0.2) is 36.9 Å². The normalized spacial score (nSPS) is 10.6. The Labute approximate surface area is 133 Å². The van der Waals surface area contributed by atoms with Gasteiger partial charge in [0, 0.05) is 31.3 Å². The molecular weight excluding hydrogens is 278 g/mol. The quantitative estimate of drug-likeness (QED) is 0.776. The number of carbonyl (C=O) groups excluding carboxylic acids is 2. The standard InChI is InChI=1S/C17H27N3O2/c1-5-6-10-20(4)11-9-17(22)19-16-12-15(18-14(3)21)8-7-13(16)2/h7-8,12H,5-6,9-11H2,1-4H3,(H,18,21)(H,19,22). The molecule has 0 heterocycles. The topological polar surface area (TPSA) is 61.4 Å². The lowest BCUT2D eigenvalue weighted by Gasteiger charge is -2.16. The fourth-order valence-electron chi connectivity index (χ4n) is 2.08. The summed E-state index contributed by atoms with van der Waals surface area (Å²) in [5, 5.41) is 5.64. The van der Waals surface area contributed by atoms with Crippen molar-refractivity contribution < 1.29 is 9.59 Å². The van der Waals surface area contributed by atoms with Crippen LogP contribution in [0.15, 0.2) is 18.2 Å². The highest BCUT2D eigenvalue weighted by atomic mass is 16.2. The van der Waals surface area contributed by atoms with Crippen molar-refractivity contribution in [3.8, 4) is 0 Å². The highest BCUT2D eigenvalue weighted by molar-refractivity contribution is 5.94. The number of amides is 2. The average Bonchev–Trinajstić information content (AvgIpc) is 2.46. The van der Waals surface area contributed by atoms with Gasteiger partial charge in [-0.25, -0.2) is 0 Å². The van der Waals surface area contributed by atoms with Crippen LogP contribution < -0.4 is 10.6 Å². The molecule has 0 saturated carbocycles. The van der Waals surface area contributed by atoms with E-state index in [1.165, 1.54) is 6.92 Å². The molecule has 5 heteroatoms. The van der Waals surface area contributed by atoms with Crippen molar-refractivity contribution in [2.75, 3.05) is 30.8 Å². The van der Waals surface area contributed by atoms with Crippen LogP contribution in [0.3, 0.4) is 0 Å². The molecule has 1 aromatic carbocycles. The summed E-state index contributed by atoms with van der Waals surface area (Å²) in [5.41, 5.74) is 2.41. The Kier molecular flexibility index (Phi) is 7.60. The predicted molar refractivity (Wildman–Crippen MR) is 91.1 cm³/mol. The third-order valence-corrected chi connectivity index (χ3v) is 3.45. The van der Waals surface area contributed by atoms with E-state index in [4.69, 9.17) is 0 Å². The van der Waals surface area contributed by atoms with Crippen LogP contribution in [0.1, 0.15) is 38.7 Å². The van der Waals surface area contributed by atoms with Gasteiger partial charge in [0.1, 0.15) is 0 Å². The molecular formula is C17H27N3O2. The average molecular weight is 305 g/mol. The summed E-state index contributed by atoms with van der Waals surface area (Å²) >= 11 is 0. The van der Waals surface area contributed by atoms with Gasteiger partial charge in [0.05, 0.1) is 0 Å². The summed E-state index contributed by atoms with van der Waals surface area (Å²) in [6.07, 6.45) is 2.77. The number of hydrogen-bond acceptors (Lipinski definition) is 3. The molecule has 2 amide bonds. The number of anilines is 2. The van der Waals surface area contributed by atoms with Crippen LogP contribution in [0.5, 0.6) is 0 Å². The maximum atomic E-state index is 12.1. The third kappa shape index (κ3) is 6.72. The zero-order valence-electron chi connectivity index (χ0n) is 14.0. The Balaban J connectivity index is 2.54. The minimum atomic E-state index is -0.126. The minimum Gasteiger partial charge on any atom is -0.326 e. The monoisotopic (exact) mass is 305 g/mol. The number of hydrogen-bond donors (Lipinski definition) is 2. The van der Waals surface area contributed by atoms with Crippen molar-refractivity contribution in [3.63, 3.8) is 0 Å². The number of unbranched alkanes of at least 4 members (excludes halogenated alkanes) is 1. The van der Waals surface area contributed by atoms with E-state index in [0.29, 0.717) is 12.1 Å². The Morgan fingerprint density at radius 1 is 1.18 bits per heavy atom. The van der Waals surface area contributed by atoms with Gasteiger partial charge < -0.3 is 15.5 Å². The third-order valence-electron chi connectivity index (χ3n) is 3.45. The molecule has 0 aliphatic rings. The number of nitrogens with one attached hydrogen (secondary N) is 2. The molecule has 0 atom stereocenters. The molecule has 0 radical (unpaired) electrons. The lowest BCUT2D eigenvalue weighted by atomic mass is 10.1. The van der Waals surface area contributed by atoms with Crippen LogP contribution >= 0.6 is 0 Å². The first-order valence-corrected chi connectivity index (χ1v) is 7.79. The van der Waals surface area contributed by atoms with Gasteiger partial charge in [-0.15, -0.1) is 0 Å². The summed E-state index contributed by atoms with van der Waals surface area (Å²) < 4.78 is 0. The van der Waals surface area contributed by atoms with Crippen molar-refractivity contribution >= 4 is 23.2 Å². The van der Waals surface area contributed by atoms with Crippen molar-refractivity contribution in [2.45, 2.75) is 40.0 Å². The highest BCUT2D eigenvalue weighted by Crippen LogP contribution is 2.20. The number of benzene rings is 1. The smallest absolute Gasteiger partial charge is 0.225 e. The second kappa shape index (κ2) is 9.20. The Morgan fingerprint density at radius 3 is 2.55 bits per heavy atom. The van der Waals surface area contributed by atoms with Gasteiger partial charge >= 0.3 is 0 Å². The fraction of sp³-hybridized carbons (Fsp3) is 0.529. The van der Waals surface area contributed by atoms with Gasteiger partial charge in [0.2, 0.25) is 11.8 Å². The Morgan fingerprint density at radius 2 is 1.91 bits per heavy atom. The molecule has 1 aromatic rings. The number of rotatable bonds is 8. The van der Waals surface area contributed by atoms with Gasteiger partial charge in [-0.3, -0.25) is 9.59 Å². The number of carbonyl (C=O) groups is 2. The van der Waals surface area contributed by atoms with Crippen molar-refractivity contribution in [2.24, 2.45) is 0 Å². The molecule has 0 aromatic heterocycles. The molecule has 22 heavy (non-hydrogen) atoms. The van der Waals surface area contributed by atoms with Crippen molar-refractivity contribution in [1.82, 2.24) is 4.90 Å². The van der Waals surface area contributed by atoms with E-state index in [9.17, 15) is 9.59 Å². The van der Waals surface area contributed by atoms with Crippen molar-refractivity contribution in [3.05, 3.63) is 23.8 Å². The second-order valence-electron chi connectivity index (χ2n) is 5.67. The lowest BCUT2D eigenvalue weighted by Crippen LogP contribution is -2.25. The van der Waals surface area contributed by atoms with E-state index < -0.39 is 0 Å². The first-order chi connectivity index (χ1) is 10.4. The Hall–Kier alpha value is -1.88. The van der Waals surface area contributed by atoms with Gasteiger partial charge in [0.25, 0.3) is 0 Å². The first kappa shape index (κ1) is 18.2. The number of nitrogens with zero attached hydrogens (tertiary/aromatic N) is 1. The van der Waals surface area contributed by atoms with Crippen LogP contribution in [-0.2, 0) is 9.59 Å². The van der Waals surface area contributed by atoms with Gasteiger partial charge in [-0.1, -0.05) is 19.4 Å². The second-order valence-corrected chi connectivity index (χ2v) is 5.67. The lowest BCUT2D eigenvalue weighted by molar-refractivity contribution is -0.116. The summed E-state index contributed by atoms with van der Waals surface area (Å²) in [6, 6.07) is 5.49. The summed E-state index contributed by atoms with van der Waals surface area (Å²) in [7, 11) is 2.03. The highest BCUT2D eigenvalue weighted by Gasteiger charge is 2.08. The molecule has 0 bridgehead atoms. The van der Waals surface area contributed by atoms with Crippen LogP contribution in [0.25, 0.3) is 0 Å². The van der Waals surface area contributed by atoms with E-state index >= 15 is 0 Å². The zero-order chi connectivity index (χ0) is 16.5. The molecule has 1 rings (SSSR count). The molecule has 0 saturated heterocycles. The molecule has 5 nitrogen and oxygen atoms in total. The van der Waals surface area contributed by atoms with E-state index in [1.807, 2.05) is 26.1 Å². The largest absolute Gasteiger partial charge is 0.326 e. The maximum absolute atomic E-state index is 12.1. The van der Waals surface area contributed by atoms with E-state index in [2.05, 4.69) is 22.5 Å². The van der Waals surface area contributed by atoms with Crippen LogP contribution in [0.2, 0.25) is 0 Å². The molecule has 0 unspecified atom stereocenters. The molecule has 0 aliphatic heterocycles. The summed E-state index contributed by atoms with van der Waals surface area (Å²) in [5.74, 6) is -0.134. The minimum absolute atomic E-state index is 0.00794. The predicted octanol–water partition coefficient (Wildman–Crippen LogP) is 3.01. The van der Waals surface area contributed by atoms with Crippen LogP contribution in [0.4, 0.5) is 11.4 Å². The molecule has 2 N–H and O–H groups in total. The molecule has 0 spiro atoms. The van der Waals surface area contributed by atoms with E-state index in [0.717, 1.165) is 37.2 Å².